The van der Waals surface area contributed by atoms with Gasteiger partial charge in [-0.05, 0) is 50.6 Å². The van der Waals surface area contributed by atoms with Gasteiger partial charge in [-0.2, -0.15) is 43.2 Å². The highest BCUT2D eigenvalue weighted by Crippen LogP contribution is 2.39. The molecule has 10 heteroatoms. The fourth-order valence-electron chi connectivity index (χ4n) is 5.06. The number of nitriles is 1. The molecule has 0 bridgehead atoms. The second kappa shape index (κ2) is 11.8. The van der Waals surface area contributed by atoms with Gasteiger partial charge in [-0.3, -0.25) is 0 Å². The van der Waals surface area contributed by atoms with Gasteiger partial charge in [0, 0.05) is 23.0 Å². The van der Waals surface area contributed by atoms with E-state index in [1.807, 2.05) is 24.3 Å². The molecule has 0 radical (unpaired) electrons. The summed E-state index contributed by atoms with van der Waals surface area (Å²) in [6.07, 6.45) is -3.52. The van der Waals surface area contributed by atoms with E-state index < -0.39 is 25.9 Å². The molecular weight excluding hydrogens is 521 g/mol. The highest BCUT2D eigenvalue weighted by atomic mass is 28.3. The first-order valence-corrected chi connectivity index (χ1v) is 17.1. The zero-order chi connectivity index (χ0) is 28.3. The van der Waals surface area contributed by atoms with Crippen LogP contribution in [0.5, 0.6) is 0 Å². The van der Waals surface area contributed by atoms with Crippen molar-refractivity contribution in [3.8, 4) is 6.07 Å². The van der Waals surface area contributed by atoms with Gasteiger partial charge in [-0.15, -0.1) is 14.1 Å². The topological polar surface area (TPSA) is 72.1 Å². The average molecular weight is 559 g/mol. The second-order valence-corrected chi connectivity index (χ2v) is 17.2. The normalized spacial score (nSPS) is 16.8. The molecule has 1 fully saturated rings. The SMILES string of the molecule is CC(OCC1(c2ccccc2)CCNCC1)c1cc(C(F)(F)F)cc2c(C#N)n(COCC[Si-](C)(C)C)nc12. The number of fused-ring (bicyclic) bond motifs is 1. The molecule has 0 spiro atoms. The maximum atomic E-state index is 13.9. The van der Waals surface area contributed by atoms with E-state index in [9.17, 15) is 18.4 Å². The van der Waals surface area contributed by atoms with Gasteiger partial charge >= 0.3 is 6.18 Å². The standard InChI is InChI=1S/C29H37F3N4O2Si/c1-21(38-19-28(10-12-34-13-11-28)22-8-6-5-7-9-22)24-16-23(29(30,31)32)17-25-26(18-33)36(35-27(24)25)20-37-14-15-39(2,3)4/h5-9,16-17,21,34H,10-15,19-20H2,1-4H3/q-1. The van der Waals surface area contributed by atoms with E-state index in [1.165, 1.54) is 10.2 Å². The van der Waals surface area contributed by atoms with Crippen molar-refractivity contribution in [3.05, 3.63) is 64.8 Å². The van der Waals surface area contributed by atoms with Crippen molar-refractivity contribution in [1.82, 2.24) is 15.1 Å². The van der Waals surface area contributed by atoms with Crippen LogP contribution in [0.3, 0.4) is 0 Å². The molecule has 4 rings (SSSR count). The minimum atomic E-state index is -4.58. The Morgan fingerprint density at radius 1 is 1.15 bits per heavy atom. The molecule has 39 heavy (non-hydrogen) atoms. The molecule has 211 valence electrons. The molecule has 0 amide bonds. The van der Waals surface area contributed by atoms with E-state index >= 15 is 0 Å². The number of rotatable bonds is 10. The Balaban J connectivity index is 1.66. The van der Waals surface area contributed by atoms with Crippen LogP contribution in [0.15, 0.2) is 42.5 Å². The summed E-state index contributed by atoms with van der Waals surface area (Å²) in [7, 11) is -1.32. The number of ether oxygens (including phenoxy) is 2. The summed E-state index contributed by atoms with van der Waals surface area (Å²) in [6.45, 7) is 11.0. The maximum absolute atomic E-state index is 13.9. The minimum Gasteiger partial charge on any atom is -0.373 e. The molecule has 1 unspecified atom stereocenters. The van der Waals surface area contributed by atoms with Gasteiger partial charge in [0.05, 0.1) is 23.8 Å². The molecule has 0 saturated carbocycles. The Kier molecular flexibility index (Phi) is 8.86. The third kappa shape index (κ3) is 6.90. The van der Waals surface area contributed by atoms with Gasteiger partial charge in [0.25, 0.3) is 0 Å². The second-order valence-electron chi connectivity index (χ2n) is 11.6. The number of nitrogens with zero attached hydrogens (tertiary/aromatic N) is 3. The Hall–Kier alpha value is -2.71. The maximum Gasteiger partial charge on any atom is 0.416 e. The Morgan fingerprint density at radius 2 is 1.85 bits per heavy atom. The molecule has 2 heterocycles. The molecular formula is C29H37F3N4O2Si-. The van der Waals surface area contributed by atoms with Crippen LogP contribution in [0.1, 0.15) is 48.3 Å². The van der Waals surface area contributed by atoms with Gasteiger partial charge in [0.15, 0.2) is 0 Å². The van der Waals surface area contributed by atoms with Gasteiger partial charge < -0.3 is 14.8 Å². The zero-order valence-electron chi connectivity index (χ0n) is 23.1. The van der Waals surface area contributed by atoms with Crippen molar-refractivity contribution in [1.29, 1.82) is 5.26 Å². The summed E-state index contributed by atoms with van der Waals surface area (Å²) in [5.41, 5.74) is 0.809. The molecule has 1 N–H and O–H groups in total. The summed E-state index contributed by atoms with van der Waals surface area (Å²) in [5, 5.41) is 18.0. The molecule has 6 nitrogen and oxygen atoms in total. The summed E-state index contributed by atoms with van der Waals surface area (Å²) in [4.78, 5) is 0. The smallest absolute Gasteiger partial charge is 0.373 e. The Labute approximate surface area is 229 Å². The lowest BCUT2D eigenvalue weighted by atomic mass is 9.74. The number of halogens is 3. The Morgan fingerprint density at radius 3 is 2.46 bits per heavy atom. The average Bonchev–Trinajstić information content (AvgIpc) is 3.26. The largest absolute Gasteiger partial charge is 0.416 e. The summed E-state index contributed by atoms with van der Waals surface area (Å²) in [5.74, 6) is 0. The van der Waals surface area contributed by atoms with Gasteiger partial charge in [0.1, 0.15) is 18.5 Å². The highest BCUT2D eigenvalue weighted by Gasteiger charge is 2.36. The minimum absolute atomic E-state index is 0.00218. The number of benzene rings is 2. The quantitative estimate of drug-likeness (QED) is 0.223. The molecule has 1 aromatic heterocycles. The number of alkyl halides is 3. The van der Waals surface area contributed by atoms with Crippen LogP contribution in [0.2, 0.25) is 25.7 Å². The van der Waals surface area contributed by atoms with Crippen LogP contribution in [-0.4, -0.2) is 44.2 Å². The van der Waals surface area contributed by atoms with Crippen LogP contribution in [0.25, 0.3) is 10.9 Å². The van der Waals surface area contributed by atoms with E-state index in [4.69, 9.17) is 9.47 Å². The lowest BCUT2D eigenvalue weighted by Crippen LogP contribution is -2.43. The third-order valence-corrected chi connectivity index (χ3v) is 9.22. The molecule has 3 aromatic rings. The van der Waals surface area contributed by atoms with Gasteiger partial charge in [-0.25, -0.2) is 4.68 Å². The monoisotopic (exact) mass is 558 g/mol. The Bertz CT molecular complexity index is 1310. The fourth-order valence-corrected chi connectivity index (χ4v) is 5.82. The van der Waals surface area contributed by atoms with Crippen molar-refractivity contribution in [3.63, 3.8) is 0 Å². The number of piperidine rings is 1. The summed E-state index contributed by atoms with van der Waals surface area (Å²) in [6, 6.07) is 15.2. The summed E-state index contributed by atoms with van der Waals surface area (Å²) < 4.78 is 55.3. The predicted octanol–water partition coefficient (Wildman–Crippen LogP) is 6.64. The van der Waals surface area contributed by atoms with Crippen molar-refractivity contribution in [2.45, 2.75) is 69.9 Å². The lowest BCUT2D eigenvalue weighted by molar-refractivity contribution is -0.137. The van der Waals surface area contributed by atoms with Gasteiger partial charge in [-0.1, -0.05) is 30.3 Å². The number of aromatic nitrogens is 2. The van der Waals surface area contributed by atoms with Gasteiger partial charge in [0.2, 0.25) is 0 Å². The fraction of sp³-hybridized carbons (Fsp3) is 0.517. The predicted molar refractivity (Wildman–Crippen MR) is 148 cm³/mol. The van der Waals surface area contributed by atoms with Crippen LogP contribution in [0.4, 0.5) is 13.2 Å². The van der Waals surface area contributed by atoms with Crippen molar-refractivity contribution >= 4 is 19.0 Å². The van der Waals surface area contributed by atoms with E-state index in [0.717, 1.165) is 44.1 Å². The first-order valence-electron chi connectivity index (χ1n) is 13.4. The van der Waals surface area contributed by atoms with Crippen LogP contribution >= 0.6 is 0 Å². The molecule has 1 aliphatic heterocycles. The number of hydrogen-bond acceptors (Lipinski definition) is 5. The van der Waals surface area contributed by atoms with Crippen molar-refractivity contribution < 1.29 is 22.6 Å². The first kappa shape index (κ1) is 29.3. The van der Waals surface area contributed by atoms with Crippen LogP contribution in [-0.2, 0) is 27.8 Å². The van der Waals surface area contributed by atoms with E-state index in [1.54, 1.807) is 6.92 Å². The number of nitrogens with one attached hydrogen (secondary N) is 1. The molecule has 0 aliphatic carbocycles. The lowest BCUT2D eigenvalue weighted by Gasteiger charge is -2.38. The van der Waals surface area contributed by atoms with E-state index in [2.05, 4.69) is 42.2 Å². The highest BCUT2D eigenvalue weighted by molar-refractivity contribution is 6.76. The van der Waals surface area contributed by atoms with E-state index in [-0.39, 0.29) is 23.2 Å². The van der Waals surface area contributed by atoms with Crippen LogP contribution < -0.4 is 5.32 Å². The summed E-state index contributed by atoms with van der Waals surface area (Å²) >= 11 is 0. The number of hydrogen-bond donors (Lipinski definition) is 1. The first-order chi connectivity index (χ1) is 18.4. The molecule has 1 saturated heterocycles. The zero-order valence-corrected chi connectivity index (χ0v) is 24.1. The molecule has 1 aliphatic rings. The molecule has 2 aromatic carbocycles. The third-order valence-electron chi connectivity index (χ3n) is 7.51. The molecule has 1 atom stereocenters. The van der Waals surface area contributed by atoms with Crippen molar-refractivity contribution in [2.24, 2.45) is 0 Å². The van der Waals surface area contributed by atoms with E-state index in [0.29, 0.717) is 24.3 Å². The van der Waals surface area contributed by atoms with Crippen LogP contribution in [0, 0.1) is 11.3 Å². The van der Waals surface area contributed by atoms with Crippen molar-refractivity contribution in [2.75, 3.05) is 26.3 Å².